The second-order valence-electron chi connectivity index (χ2n) is 6.44. The van der Waals surface area contributed by atoms with Gasteiger partial charge in [-0.05, 0) is 30.2 Å². The number of sulfonamides is 1. The highest BCUT2D eigenvalue weighted by Crippen LogP contribution is 2.32. The molecule has 1 aromatic heterocycles. The smallest absolute Gasteiger partial charge is 0.260 e. The molecule has 1 saturated heterocycles. The number of hydrogen-bond acceptors (Lipinski definition) is 6. The molecule has 1 fully saturated rings. The molecule has 0 atom stereocenters. The Morgan fingerprint density at radius 3 is 2.82 bits per heavy atom. The van der Waals surface area contributed by atoms with Crippen LogP contribution >= 0.6 is 0 Å². The number of aromatic amines is 1. The third-order valence-electron chi connectivity index (χ3n) is 4.67. The van der Waals surface area contributed by atoms with Crippen LogP contribution in [0.4, 0.5) is 0 Å². The summed E-state index contributed by atoms with van der Waals surface area (Å²) < 4.78 is 37.2. The molecular weight excluding hydrogens is 384 g/mol. The lowest BCUT2D eigenvalue weighted by Crippen LogP contribution is -2.36. The maximum absolute atomic E-state index is 12.6. The largest absolute Gasteiger partial charge is 0.454 e. The summed E-state index contributed by atoms with van der Waals surface area (Å²) in [6.07, 6.45) is 6.40. The number of carbonyl (C=O) groups excluding carboxylic acids is 1. The van der Waals surface area contributed by atoms with Gasteiger partial charge in [-0.2, -0.15) is 4.31 Å². The number of rotatable bonds is 4. The first kappa shape index (κ1) is 18.5. The minimum atomic E-state index is -3.62. The van der Waals surface area contributed by atoms with Crippen molar-refractivity contribution < 1.29 is 22.7 Å². The summed E-state index contributed by atoms with van der Waals surface area (Å²) in [7, 11) is -3.62. The number of aromatic nitrogens is 2. The van der Waals surface area contributed by atoms with Gasteiger partial charge in [-0.1, -0.05) is 6.07 Å². The summed E-state index contributed by atoms with van der Waals surface area (Å²) in [5.74, 6) is 1.19. The van der Waals surface area contributed by atoms with Gasteiger partial charge in [0.25, 0.3) is 10.0 Å². The molecule has 0 bridgehead atoms. The second kappa shape index (κ2) is 7.64. The van der Waals surface area contributed by atoms with Gasteiger partial charge in [0.1, 0.15) is 0 Å². The van der Waals surface area contributed by atoms with Crippen LogP contribution in [-0.2, 0) is 14.8 Å². The second-order valence-corrected chi connectivity index (χ2v) is 8.35. The maximum Gasteiger partial charge on any atom is 0.260 e. The van der Waals surface area contributed by atoms with Crippen molar-refractivity contribution in [3.05, 3.63) is 42.4 Å². The van der Waals surface area contributed by atoms with Crippen LogP contribution in [0.15, 0.2) is 41.8 Å². The SMILES string of the molecule is O=C(C=Cc1ccc2c(c1)OCO2)N1CCCN(S(=O)(=O)c2cnc[nH]2)CC1. The van der Waals surface area contributed by atoms with Gasteiger partial charge in [-0.25, -0.2) is 13.4 Å². The normalized spacial score (nSPS) is 17.8. The number of imidazole rings is 1. The van der Waals surface area contributed by atoms with E-state index in [1.165, 1.54) is 22.9 Å². The maximum atomic E-state index is 12.6. The van der Waals surface area contributed by atoms with Crippen LogP contribution < -0.4 is 9.47 Å². The van der Waals surface area contributed by atoms with Crippen LogP contribution in [-0.4, -0.2) is 66.5 Å². The van der Waals surface area contributed by atoms with Crippen LogP contribution in [0.3, 0.4) is 0 Å². The Kier molecular flexibility index (Phi) is 5.05. The van der Waals surface area contributed by atoms with Crippen molar-refractivity contribution in [2.75, 3.05) is 33.0 Å². The van der Waals surface area contributed by atoms with E-state index in [-0.39, 0.29) is 24.3 Å². The Morgan fingerprint density at radius 2 is 2.00 bits per heavy atom. The van der Waals surface area contributed by atoms with Crippen LogP contribution in [0.5, 0.6) is 11.5 Å². The first-order valence-electron chi connectivity index (χ1n) is 8.89. The summed E-state index contributed by atoms with van der Waals surface area (Å²) >= 11 is 0. The van der Waals surface area contributed by atoms with Gasteiger partial charge in [0.05, 0.1) is 12.5 Å². The Labute approximate surface area is 162 Å². The third-order valence-corrected chi connectivity index (χ3v) is 6.50. The molecule has 28 heavy (non-hydrogen) atoms. The molecule has 0 radical (unpaired) electrons. The van der Waals surface area contributed by atoms with Crippen LogP contribution in [0.1, 0.15) is 12.0 Å². The van der Waals surface area contributed by atoms with Crippen molar-refractivity contribution in [2.24, 2.45) is 0 Å². The molecule has 4 rings (SSSR count). The predicted octanol–water partition coefficient (Wildman–Crippen LogP) is 1.07. The molecule has 10 heteroatoms. The van der Waals surface area contributed by atoms with Crippen molar-refractivity contribution in [3.63, 3.8) is 0 Å². The van der Waals surface area contributed by atoms with Crippen LogP contribution in [0, 0.1) is 0 Å². The molecule has 3 heterocycles. The van der Waals surface area contributed by atoms with E-state index >= 15 is 0 Å². The van der Waals surface area contributed by atoms with E-state index < -0.39 is 10.0 Å². The standard InChI is InChI=1S/C18H20N4O5S/c23-18(5-3-14-2-4-15-16(10-14)27-13-26-15)21-6-1-7-22(9-8-21)28(24,25)17-11-19-12-20-17/h2-5,10-12H,1,6-9,13H2,(H,19,20). The lowest BCUT2D eigenvalue weighted by atomic mass is 10.2. The zero-order chi connectivity index (χ0) is 19.6. The molecule has 0 spiro atoms. The molecule has 0 unspecified atom stereocenters. The average Bonchev–Trinajstić information content (AvgIpc) is 3.33. The molecular formula is C18H20N4O5S. The van der Waals surface area contributed by atoms with Gasteiger partial charge in [0.15, 0.2) is 16.5 Å². The van der Waals surface area contributed by atoms with Gasteiger partial charge in [-0.3, -0.25) is 4.79 Å². The molecule has 2 aliphatic rings. The van der Waals surface area contributed by atoms with Gasteiger partial charge < -0.3 is 19.4 Å². The quantitative estimate of drug-likeness (QED) is 0.765. The number of carbonyl (C=O) groups is 1. The predicted molar refractivity (Wildman–Crippen MR) is 100 cm³/mol. The zero-order valence-corrected chi connectivity index (χ0v) is 15.9. The number of fused-ring (bicyclic) bond motifs is 1. The highest BCUT2D eigenvalue weighted by molar-refractivity contribution is 7.89. The number of amides is 1. The van der Waals surface area contributed by atoms with Crippen molar-refractivity contribution in [1.29, 1.82) is 0 Å². The molecule has 1 amide bonds. The fraction of sp³-hybridized carbons (Fsp3) is 0.333. The van der Waals surface area contributed by atoms with Crippen molar-refractivity contribution in [3.8, 4) is 11.5 Å². The highest BCUT2D eigenvalue weighted by Gasteiger charge is 2.28. The molecule has 148 valence electrons. The summed E-state index contributed by atoms with van der Waals surface area (Å²) in [5, 5.41) is 0.0648. The van der Waals surface area contributed by atoms with Crippen LogP contribution in [0.25, 0.3) is 6.08 Å². The first-order chi connectivity index (χ1) is 13.5. The van der Waals surface area contributed by atoms with E-state index in [1.54, 1.807) is 17.0 Å². The molecule has 1 N–H and O–H groups in total. The summed E-state index contributed by atoms with van der Waals surface area (Å²) in [6.45, 7) is 1.63. The number of H-pyrrole nitrogens is 1. The molecule has 1 aromatic carbocycles. The summed E-state index contributed by atoms with van der Waals surface area (Å²) in [5.41, 5.74) is 0.830. The number of hydrogen-bond donors (Lipinski definition) is 1. The van der Waals surface area contributed by atoms with Gasteiger partial charge in [0.2, 0.25) is 12.7 Å². The van der Waals surface area contributed by atoms with E-state index in [0.717, 1.165) is 5.56 Å². The molecule has 0 aliphatic carbocycles. The fourth-order valence-electron chi connectivity index (χ4n) is 3.17. The van der Waals surface area contributed by atoms with Crippen LogP contribution in [0.2, 0.25) is 0 Å². The Bertz CT molecular complexity index is 987. The molecule has 0 saturated carbocycles. The van der Waals surface area contributed by atoms with E-state index in [0.29, 0.717) is 37.6 Å². The highest BCUT2D eigenvalue weighted by atomic mass is 32.2. The lowest BCUT2D eigenvalue weighted by Gasteiger charge is -2.20. The first-order valence-corrected chi connectivity index (χ1v) is 10.3. The molecule has 9 nitrogen and oxygen atoms in total. The van der Waals surface area contributed by atoms with E-state index in [4.69, 9.17) is 9.47 Å². The fourth-order valence-corrected chi connectivity index (χ4v) is 4.53. The number of benzene rings is 1. The van der Waals surface area contributed by atoms with Crippen molar-refractivity contribution >= 4 is 22.0 Å². The number of nitrogens with zero attached hydrogens (tertiary/aromatic N) is 3. The average molecular weight is 404 g/mol. The van der Waals surface area contributed by atoms with E-state index in [1.807, 2.05) is 12.1 Å². The zero-order valence-electron chi connectivity index (χ0n) is 15.1. The van der Waals surface area contributed by atoms with E-state index in [9.17, 15) is 13.2 Å². The monoisotopic (exact) mass is 404 g/mol. The number of ether oxygens (including phenoxy) is 2. The Balaban J connectivity index is 1.39. The number of nitrogens with one attached hydrogen (secondary N) is 1. The van der Waals surface area contributed by atoms with Crippen molar-refractivity contribution in [1.82, 2.24) is 19.2 Å². The van der Waals surface area contributed by atoms with Crippen molar-refractivity contribution in [2.45, 2.75) is 11.4 Å². The summed E-state index contributed by atoms with van der Waals surface area (Å²) in [4.78, 5) is 20.6. The topological polar surface area (TPSA) is 105 Å². The molecule has 2 aromatic rings. The van der Waals surface area contributed by atoms with E-state index in [2.05, 4.69) is 9.97 Å². The third kappa shape index (κ3) is 3.73. The minimum absolute atomic E-state index is 0.0648. The molecule has 2 aliphatic heterocycles. The minimum Gasteiger partial charge on any atom is -0.454 e. The van der Waals surface area contributed by atoms with Gasteiger partial charge >= 0.3 is 0 Å². The summed E-state index contributed by atoms with van der Waals surface area (Å²) in [6, 6.07) is 5.46. The van der Waals surface area contributed by atoms with Gasteiger partial charge in [-0.15, -0.1) is 0 Å². The van der Waals surface area contributed by atoms with Gasteiger partial charge in [0, 0.05) is 32.3 Å². The Morgan fingerprint density at radius 1 is 1.14 bits per heavy atom. The Hall–Kier alpha value is -2.85. The lowest BCUT2D eigenvalue weighted by molar-refractivity contribution is -0.125.